The van der Waals surface area contributed by atoms with Crippen LogP contribution in [0.1, 0.15) is 27.7 Å². The third-order valence-electron chi connectivity index (χ3n) is 2.35. The van der Waals surface area contributed by atoms with Crippen LogP contribution in [-0.2, 0) is 14.6 Å². The lowest BCUT2D eigenvalue weighted by Gasteiger charge is -2.21. The Morgan fingerprint density at radius 3 is 2.17 bits per heavy atom. The fourth-order valence-electron chi connectivity index (χ4n) is 0.924. The molecule has 0 atom stereocenters. The molecule has 0 fully saturated rings. The lowest BCUT2D eigenvalue weighted by atomic mass is 10.1. The molecule has 0 aromatic carbocycles. The first-order valence-electron chi connectivity index (χ1n) is 5.50. The number of carbonyl (C=O) groups is 2. The molecule has 0 rings (SSSR count). The summed E-state index contributed by atoms with van der Waals surface area (Å²) in [6, 6.07) is -0.707. The van der Waals surface area contributed by atoms with Gasteiger partial charge in [-0.25, -0.2) is 18.0 Å². The number of hydrogen-bond donors (Lipinski definition) is 3. The molecule has 8 heteroatoms. The summed E-state index contributed by atoms with van der Waals surface area (Å²) < 4.78 is 22.9. The quantitative estimate of drug-likeness (QED) is 0.632. The van der Waals surface area contributed by atoms with Gasteiger partial charge in [-0.05, 0) is 27.7 Å². The fourth-order valence-corrected chi connectivity index (χ4v) is 1.78. The van der Waals surface area contributed by atoms with Crippen molar-refractivity contribution in [3.63, 3.8) is 0 Å². The summed E-state index contributed by atoms with van der Waals surface area (Å²) in [5.74, 6) is -1.35. The van der Waals surface area contributed by atoms with E-state index in [0.29, 0.717) is 0 Å². The van der Waals surface area contributed by atoms with E-state index in [1.54, 1.807) is 13.8 Å². The topological polar surface area (TPSA) is 113 Å². The average Bonchev–Trinajstić information content (AvgIpc) is 2.15. The van der Waals surface area contributed by atoms with E-state index >= 15 is 0 Å². The third kappa shape index (κ3) is 5.35. The summed E-state index contributed by atoms with van der Waals surface area (Å²) in [4.78, 5) is 22.1. The summed E-state index contributed by atoms with van der Waals surface area (Å²) in [7, 11) is -3.21. The molecule has 2 amide bonds. The number of carboxylic acid groups (broad SMARTS) is 1. The van der Waals surface area contributed by atoms with Gasteiger partial charge in [0.05, 0.1) is 11.0 Å². The molecule has 0 spiro atoms. The number of nitrogens with one attached hydrogen (secondary N) is 2. The van der Waals surface area contributed by atoms with Crippen molar-refractivity contribution in [1.82, 2.24) is 10.6 Å². The number of urea groups is 1. The zero-order chi connectivity index (χ0) is 14.6. The molecule has 18 heavy (non-hydrogen) atoms. The molecule has 0 aromatic heterocycles. The molecule has 0 aromatic rings. The predicted octanol–water partition coefficient (Wildman–Crippen LogP) is -0.0280. The first kappa shape index (κ1) is 16.7. The van der Waals surface area contributed by atoms with E-state index in [1.165, 1.54) is 13.8 Å². The Kier molecular flexibility index (Phi) is 5.59. The van der Waals surface area contributed by atoms with Crippen molar-refractivity contribution in [1.29, 1.82) is 0 Å². The summed E-state index contributed by atoms with van der Waals surface area (Å²) >= 11 is 0. The number of hydrogen-bond acceptors (Lipinski definition) is 4. The zero-order valence-electron chi connectivity index (χ0n) is 11.0. The van der Waals surface area contributed by atoms with Crippen molar-refractivity contribution in [3.05, 3.63) is 0 Å². The fraction of sp³-hybridized carbons (Fsp3) is 0.800. The van der Waals surface area contributed by atoms with Gasteiger partial charge in [0.25, 0.3) is 0 Å². The van der Waals surface area contributed by atoms with E-state index in [9.17, 15) is 18.0 Å². The molecule has 0 saturated carbocycles. The lowest BCUT2D eigenvalue weighted by Crippen LogP contribution is -2.53. The van der Waals surface area contributed by atoms with Gasteiger partial charge in [0.2, 0.25) is 0 Å². The molecule has 0 unspecified atom stereocenters. The van der Waals surface area contributed by atoms with Crippen LogP contribution in [0.2, 0.25) is 0 Å². The average molecular weight is 280 g/mol. The van der Waals surface area contributed by atoms with Gasteiger partial charge >= 0.3 is 12.0 Å². The lowest BCUT2D eigenvalue weighted by molar-refractivity contribution is -0.142. The molecule has 0 aliphatic rings. The maximum atomic E-state index is 11.4. The Morgan fingerprint density at radius 1 is 1.28 bits per heavy atom. The van der Waals surface area contributed by atoms with Crippen molar-refractivity contribution in [2.75, 3.05) is 12.3 Å². The van der Waals surface area contributed by atoms with Crippen LogP contribution < -0.4 is 10.6 Å². The minimum Gasteiger partial charge on any atom is -0.480 e. The molecule has 0 aliphatic carbocycles. The number of sulfone groups is 1. The van der Waals surface area contributed by atoms with E-state index < -0.39 is 32.6 Å². The Balaban J connectivity index is 4.19. The van der Waals surface area contributed by atoms with Crippen molar-refractivity contribution < 1.29 is 23.1 Å². The predicted molar refractivity (Wildman–Crippen MR) is 67.2 cm³/mol. The van der Waals surface area contributed by atoms with Crippen LogP contribution in [0.5, 0.6) is 0 Å². The van der Waals surface area contributed by atoms with Gasteiger partial charge in [0.15, 0.2) is 9.84 Å². The van der Waals surface area contributed by atoms with E-state index in [-0.39, 0.29) is 12.3 Å². The first-order chi connectivity index (χ1) is 7.99. The van der Waals surface area contributed by atoms with Crippen LogP contribution in [0.25, 0.3) is 0 Å². The highest BCUT2D eigenvalue weighted by Crippen LogP contribution is 2.01. The Morgan fingerprint density at radius 2 is 1.78 bits per heavy atom. The van der Waals surface area contributed by atoms with Gasteiger partial charge in [-0.2, -0.15) is 0 Å². The number of aliphatic carboxylic acids is 1. The number of carbonyl (C=O) groups excluding carboxylic acids is 1. The van der Waals surface area contributed by atoms with Gasteiger partial charge in [-0.1, -0.05) is 0 Å². The molecule has 0 radical (unpaired) electrons. The summed E-state index contributed by atoms with van der Waals surface area (Å²) in [5.41, 5.74) is -1.40. The molecule has 0 saturated heterocycles. The largest absolute Gasteiger partial charge is 0.480 e. The van der Waals surface area contributed by atoms with Gasteiger partial charge in [-0.3, -0.25) is 0 Å². The maximum Gasteiger partial charge on any atom is 0.328 e. The molecule has 0 aliphatic heterocycles. The van der Waals surface area contributed by atoms with Crippen LogP contribution in [0.4, 0.5) is 4.79 Å². The minimum atomic E-state index is -3.21. The van der Waals surface area contributed by atoms with Gasteiger partial charge < -0.3 is 15.7 Å². The molecule has 106 valence electrons. The molecule has 3 N–H and O–H groups in total. The van der Waals surface area contributed by atoms with Crippen molar-refractivity contribution in [2.45, 2.75) is 38.5 Å². The summed E-state index contributed by atoms with van der Waals surface area (Å²) in [6.07, 6.45) is 0. The summed E-state index contributed by atoms with van der Waals surface area (Å²) in [6.45, 7) is 5.73. The molecular weight excluding hydrogens is 260 g/mol. The maximum absolute atomic E-state index is 11.4. The van der Waals surface area contributed by atoms with Crippen molar-refractivity contribution in [2.24, 2.45) is 0 Å². The van der Waals surface area contributed by atoms with E-state index in [0.717, 1.165) is 0 Å². The van der Waals surface area contributed by atoms with Crippen LogP contribution >= 0.6 is 0 Å². The highest BCUT2D eigenvalue weighted by Gasteiger charge is 2.28. The van der Waals surface area contributed by atoms with Crippen LogP contribution in [0, 0.1) is 0 Å². The van der Waals surface area contributed by atoms with Crippen LogP contribution in [-0.4, -0.2) is 48.6 Å². The second-order valence-corrected chi connectivity index (χ2v) is 7.40. The zero-order valence-corrected chi connectivity index (χ0v) is 11.8. The Labute approximate surface area is 107 Å². The standard InChI is InChI=1S/C10H20N2O5S/c1-7(2)18(16,17)6-5-11-9(15)12-10(3,4)8(13)14/h7H,5-6H2,1-4H3,(H,13,14)(H2,11,12,15). The number of carboxylic acids is 1. The third-order valence-corrected chi connectivity index (χ3v) is 4.56. The summed E-state index contributed by atoms with van der Waals surface area (Å²) in [5, 5.41) is 12.8. The highest BCUT2D eigenvalue weighted by molar-refractivity contribution is 7.92. The van der Waals surface area contributed by atoms with Gasteiger partial charge in [0.1, 0.15) is 5.54 Å². The van der Waals surface area contributed by atoms with Crippen LogP contribution in [0.3, 0.4) is 0 Å². The molecule has 0 bridgehead atoms. The van der Waals surface area contributed by atoms with Crippen LogP contribution in [0.15, 0.2) is 0 Å². The second-order valence-electron chi connectivity index (χ2n) is 4.73. The monoisotopic (exact) mass is 280 g/mol. The van der Waals surface area contributed by atoms with E-state index in [2.05, 4.69) is 10.6 Å². The van der Waals surface area contributed by atoms with Gasteiger partial charge in [0, 0.05) is 6.54 Å². The van der Waals surface area contributed by atoms with Gasteiger partial charge in [-0.15, -0.1) is 0 Å². The number of rotatable bonds is 6. The highest BCUT2D eigenvalue weighted by atomic mass is 32.2. The molecule has 0 heterocycles. The van der Waals surface area contributed by atoms with E-state index in [4.69, 9.17) is 5.11 Å². The Bertz CT molecular complexity index is 414. The molecule has 7 nitrogen and oxygen atoms in total. The smallest absolute Gasteiger partial charge is 0.328 e. The second kappa shape index (κ2) is 6.03. The van der Waals surface area contributed by atoms with Crippen molar-refractivity contribution in [3.8, 4) is 0 Å². The van der Waals surface area contributed by atoms with E-state index in [1.807, 2.05) is 0 Å². The number of amides is 2. The molecular formula is C10H20N2O5S. The first-order valence-corrected chi connectivity index (χ1v) is 7.21. The normalized spacial score (nSPS) is 12.3. The minimum absolute atomic E-state index is 0.0535. The Hall–Kier alpha value is -1.31. The SMILES string of the molecule is CC(C)S(=O)(=O)CCNC(=O)NC(C)(C)C(=O)O. The van der Waals surface area contributed by atoms with Crippen molar-refractivity contribution >= 4 is 21.8 Å².